The van der Waals surface area contributed by atoms with E-state index in [1.54, 1.807) is 6.20 Å². The number of aromatic nitrogens is 2. The van der Waals surface area contributed by atoms with Gasteiger partial charge in [-0.15, -0.1) is 0 Å². The van der Waals surface area contributed by atoms with Gasteiger partial charge in [0.1, 0.15) is 5.82 Å². The molecular weight excluding hydrogens is 222 g/mol. The van der Waals surface area contributed by atoms with E-state index in [2.05, 4.69) is 11.9 Å². The fourth-order valence-corrected chi connectivity index (χ4v) is 1.93. The van der Waals surface area contributed by atoms with Crippen LogP contribution in [0.25, 0.3) is 5.69 Å². The summed E-state index contributed by atoms with van der Waals surface area (Å²) >= 11 is 6.04. The molecule has 2 aromatic rings. The summed E-state index contributed by atoms with van der Waals surface area (Å²) in [7, 11) is 0. The summed E-state index contributed by atoms with van der Waals surface area (Å²) in [6.45, 7) is 4.09. The van der Waals surface area contributed by atoms with Gasteiger partial charge in [-0.2, -0.15) is 0 Å². The Kier molecular flexibility index (Phi) is 2.88. The highest BCUT2D eigenvalue weighted by atomic mass is 35.5. The molecule has 1 aromatic heterocycles. The van der Waals surface area contributed by atoms with E-state index in [1.807, 2.05) is 29.8 Å². The third-order valence-electron chi connectivity index (χ3n) is 2.61. The zero-order chi connectivity index (χ0) is 11.7. The van der Waals surface area contributed by atoms with E-state index in [0.717, 1.165) is 23.5 Å². The van der Waals surface area contributed by atoms with Gasteiger partial charge in [0.25, 0.3) is 0 Å². The molecule has 3 nitrogen and oxygen atoms in total. The summed E-state index contributed by atoms with van der Waals surface area (Å²) in [6.07, 6.45) is 4.62. The van der Waals surface area contributed by atoms with Gasteiger partial charge in [0.15, 0.2) is 0 Å². The Morgan fingerprint density at radius 3 is 2.88 bits per heavy atom. The molecule has 0 bridgehead atoms. The fraction of sp³-hybridized carbons (Fsp3) is 0.250. The van der Waals surface area contributed by atoms with E-state index >= 15 is 0 Å². The summed E-state index contributed by atoms with van der Waals surface area (Å²) in [6, 6.07) is 3.77. The van der Waals surface area contributed by atoms with Crippen LogP contribution in [0.3, 0.4) is 0 Å². The Hall–Kier alpha value is -1.48. The highest BCUT2D eigenvalue weighted by molar-refractivity contribution is 6.33. The zero-order valence-electron chi connectivity index (χ0n) is 9.37. The van der Waals surface area contributed by atoms with Crippen LogP contribution in [-0.2, 0) is 6.42 Å². The molecule has 1 aromatic carbocycles. The minimum atomic E-state index is 0.580. The molecular formula is C12H14ClN3. The van der Waals surface area contributed by atoms with Crippen molar-refractivity contribution in [1.82, 2.24) is 9.55 Å². The maximum Gasteiger partial charge on any atom is 0.112 e. The van der Waals surface area contributed by atoms with Gasteiger partial charge in [-0.3, -0.25) is 0 Å². The average molecular weight is 236 g/mol. The fourth-order valence-electron chi connectivity index (χ4n) is 1.77. The van der Waals surface area contributed by atoms with Crippen molar-refractivity contribution in [3.63, 3.8) is 0 Å². The van der Waals surface area contributed by atoms with Crippen molar-refractivity contribution < 1.29 is 0 Å². The molecule has 16 heavy (non-hydrogen) atoms. The molecule has 0 amide bonds. The number of aryl methyl sites for hydroxylation is 2. The monoisotopic (exact) mass is 235 g/mol. The molecule has 0 saturated heterocycles. The molecule has 84 valence electrons. The van der Waals surface area contributed by atoms with Crippen LogP contribution in [0.5, 0.6) is 0 Å². The largest absolute Gasteiger partial charge is 0.398 e. The van der Waals surface area contributed by atoms with Crippen LogP contribution in [0, 0.1) is 6.92 Å². The molecule has 0 spiro atoms. The van der Waals surface area contributed by atoms with Gasteiger partial charge in [-0.05, 0) is 24.6 Å². The second-order valence-electron chi connectivity index (χ2n) is 3.73. The van der Waals surface area contributed by atoms with Crippen LogP contribution in [0.2, 0.25) is 5.02 Å². The predicted molar refractivity (Wildman–Crippen MR) is 67.1 cm³/mol. The van der Waals surface area contributed by atoms with Gasteiger partial charge in [0.05, 0.1) is 16.4 Å². The maximum atomic E-state index is 6.04. The quantitative estimate of drug-likeness (QED) is 0.814. The van der Waals surface area contributed by atoms with Crippen molar-refractivity contribution in [1.29, 1.82) is 0 Å². The predicted octanol–water partition coefficient (Wildman–Crippen LogP) is 2.98. The number of nitrogens with zero attached hydrogens (tertiary/aromatic N) is 2. The summed E-state index contributed by atoms with van der Waals surface area (Å²) in [5.74, 6) is 1.02. The SMILES string of the molecule is CCc1nccn1-c1cc(Cl)c(N)cc1C. The minimum absolute atomic E-state index is 0.580. The number of nitrogens with two attached hydrogens (primary N) is 1. The second kappa shape index (κ2) is 4.18. The van der Waals surface area contributed by atoms with E-state index in [9.17, 15) is 0 Å². The summed E-state index contributed by atoms with van der Waals surface area (Å²) < 4.78 is 2.04. The van der Waals surface area contributed by atoms with Crippen molar-refractivity contribution in [2.75, 3.05) is 5.73 Å². The molecule has 0 fully saturated rings. The van der Waals surface area contributed by atoms with Gasteiger partial charge < -0.3 is 10.3 Å². The van der Waals surface area contributed by atoms with E-state index in [-0.39, 0.29) is 0 Å². The molecule has 2 rings (SSSR count). The summed E-state index contributed by atoms with van der Waals surface area (Å²) in [5.41, 5.74) is 8.50. The first kappa shape index (κ1) is 11.0. The Morgan fingerprint density at radius 1 is 1.44 bits per heavy atom. The topological polar surface area (TPSA) is 43.8 Å². The lowest BCUT2D eigenvalue weighted by Gasteiger charge is -2.11. The first-order valence-electron chi connectivity index (χ1n) is 5.21. The van der Waals surface area contributed by atoms with E-state index in [1.165, 1.54) is 0 Å². The van der Waals surface area contributed by atoms with Crippen molar-refractivity contribution in [2.45, 2.75) is 20.3 Å². The van der Waals surface area contributed by atoms with E-state index in [0.29, 0.717) is 10.7 Å². The molecule has 2 N–H and O–H groups in total. The second-order valence-corrected chi connectivity index (χ2v) is 4.13. The first-order chi connectivity index (χ1) is 7.63. The number of anilines is 1. The minimum Gasteiger partial charge on any atom is -0.398 e. The van der Waals surface area contributed by atoms with Gasteiger partial charge in [0, 0.05) is 18.8 Å². The van der Waals surface area contributed by atoms with Gasteiger partial charge in [-0.1, -0.05) is 18.5 Å². The Bertz CT molecular complexity index is 517. The van der Waals surface area contributed by atoms with Gasteiger partial charge in [0.2, 0.25) is 0 Å². The standard InChI is InChI=1S/C12H14ClN3/c1-3-12-15-4-5-16(12)11-7-9(13)10(14)6-8(11)2/h4-7H,3,14H2,1-2H3. The zero-order valence-corrected chi connectivity index (χ0v) is 10.1. The molecule has 1 heterocycles. The molecule has 4 heteroatoms. The Labute approximate surface area is 99.9 Å². The molecule has 0 atom stereocenters. The van der Waals surface area contributed by atoms with Crippen molar-refractivity contribution in [3.8, 4) is 5.69 Å². The van der Waals surface area contributed by atoms with Crippen molar-refractivity contribution in [3.05, 3.63) is 40.9 Å². The molecule has 0 aliphatic heterocycles. The van der Waals surface area contributed by atoms with Crippen LogP contribution in [0.15, 0.2) is 24.5 Å². The van der Waals surface area contributed by atoms with Crippen LogP contribution in [0.4, 0.5) is 5.69 Å². The van der Waals surface area contributed by atoms with E-state index < -0.39 is 0 Å². The molecule has 0 aliphatic carbocycles. The van der Waals surface area contributed by atoms with Gasteiger partial charge in [-0.25, -0.2) is 4.98 Å². The highest BCUT2D eigenvalue weighted by Crippen LogP contribution is 2.26. The number of nitrogen functional groups attached to an aromatic ring is 1. The first-order valence-corrected chi connectivity index (χ1v) is 5.59. The molecule has 0 aliphatic rings. The van der Waals surface area contributed by atoms with Crippen LogP contribution < -0.4 is 5.73 Å². The number of hydrogen-bond donors (Lipinski definition) is 1. The molecule has 0 unspecified atom stereocenters. The Balaban J connectivity index is 2.60. The van der Waals surface area contributed by atoms with Crippen LogP contribution >= 0.6 is 11.6 Å². The normalized spacial score (nSPS) is 10.7. The van der Waals surface area contributed by atoms with Gasteiger partial charge >= 0.3 is 0 Å². The number of hydrogen-bond acceptors (Lipinski definition) is 2. The van der Waals surface area contributed by atoms with Crippen molar-refractivity contribution >= 4 is 17.3 Å². The maximum absolute atomic E-state index is 6.04. The lowest BCUT2D eigenvalue weighted by Crippen LogP contribution is -2.02. The third-order valence-corrected chi connectivity index (χ3v) is 2.94. The van der Waals surface area contributed by atoms with Crippen LogP contribution in [-0.4, -0.2) is 9.55 Å². The number of halogens is 1. The Morgan fingerprint density at radius 2 is 2.19 bits per heavy atom. The number of benzene rings is 1. The number of rotatable bonds is 2. The van der Waals surface area contributed by atoms with Crippen molar-refractivity contribution in [2.24, 2.45) is 0 Å². The summed E-state index contributed by atoms with van der Waals surface area (Å²) in [4.78, 5) is 4.29. The molecule has 0 radical (unpaired) electrons. The van der Waals surface area contributed by atoms with E-state index in [4.69, 9.17) is 17.3 Å². The average Bonchev–Trinajstić information content (AvgIpc) is 2.71. The summed E-state index contributed by atoms with van der Waals surface area (Å²) in [5, 5.41) is 0.580. The lowest BCUT2D eigenvalue weighted by atomic mass is 10.1. The third kappa shape index (κ3) is 1.78. The molecule has 0 saturated carbocycles. The lowest BCUT2D eigenvalue weighted by molar-refractivity contribution is 0.886. The van der Waals surface area contributed by atoms with Crippen LogP contribution in [0.1, 0.15) is 18.3 Å². The highest BCUT2D eigenvalue weighted by Gasteiger charge is 2.08. The number of imidazole rings is 1. The smallest absolute Gasteiger partial charge is 0.112 e.